The average molecular weight is 404 g/mol. The third-order valence-electron chi connectivity index (χ3n) is 3.22. The predicted molar refractivity (Wildman–Crippen MR) is 101 cm³/mol. The Bertz CT molecular complexity index is 670. The quantitative estimate of drug-likeness (QED) is 0.556. The molecule has 0 aliphatic carbocycles. The molecule has 0 aliphatic heterocycles. The highest BCUT2D eigenvalue weighted by molar-refractivity contribution is 5.92. The summed E-state index contributed by atoms with van der Waals surface area (Å²) in [4.78, 5) is 17.6. The van der Waals surface area contributed by atoms with Crippen LogP contribution in [0.1, 0.15) is 27.7 Å². The van der Waals surface area contributed by atoms with E-state index in [0.717, 1.165) is 0 Å². The number of anilines is 1. The van der Waals surface area contributed by atoms with Gasteiger partial charge in [-0.3, -0.25) is 4.99 Å². The molecule has 0 spiro atoms. The zero-order valence-electron chi connectivity index (χ0n) is 16.6. The van der Waals surface area contributed by atoms with Gasteiger partial charge < -0.3 is 25.4 Å². The van der Waals surface area contributed by atoms with Crippen LogP contribution in [0.4, 0.5) is 23.7 Å². The van der Waals surface area contributed by atoms with Crippen molar-refractivity contribution in [1.29, 1.82) is 0 Å². The largest absolute Gasteiger partial charge is 0.573 e. The van der Waals surface area contributed by atoms with Crippen molar-refractivity contribution in [2.24, 2.45) is 16.6 Å². The van der Waals surface area contributed by atoms with E-state index >= 15 is 0 Å². The molecule has 7 nitrogen and oxygen atoms in total. The second-order valence-corrected chi connectivity index (χ2v) is 7.39. The van der Waals surface area contributed by atoms with E-state index in [0.29, 0.717) is 18.8 Å². The van der Waals surface area contributed by atoms with Crippen LogP contribution in [0.25, 0.3) is 0 Å². The lowest BCUT2D eigenvalue weighted by Gasteiger charge is -2.26. The smallest absolute Gasteiger partial charge is 0.444 e. The lowest BCUT2D eigenvalue weighted by atomic mass is 10.2. The minimum Gasteiger partial charge on any atom is -0.444 e. The minimum atomic E-state index is -4.74. The highest BCUT2D eigenvalue weighted by Gasteiger charge is 2.30. The highest BCUT2D eigenvalue weighted by atomic mass is 19.4. The SMILES string of the molecule is CC(CN=C(N)Nc1ccc(OC(F)(F)F)cc1)CN(C)C(=O)OC(C)(C)C. The zero-order valence-corrected chi connectivity index (χ0v) is 16.6. The van der Waals surface area contributed by atoms with Crippen molar-refractivity contribution < 1.29 is 27.4 Å². The summed E-state index contributed by atoms with van der Waals surface area (Å²) in [6.07, 6.45) is -5.16. The molecule has 1 amide bonds. The predicted octanol–water partition coefficient (Wildman–Crippen LogP) is 3.81. The summed E-state index contributed by atoms with van der Waals surface area (Å²) < 4.78 is 45.5. The van der Waals surface area contributed by atoms with Crippen LogP contribution >= 0.6 is 0 Å². The van der Waals surface area contributed by atoms with E-state index in [-0.39, 0.29) is 17.6 Å². The van der Waals surface area contributed by atoms with Crippen molar-refractivity contribution >= 4 is 17.7 Å². The second-order valence-electron chi connectivity index (χ2n) is 7.39. The maximum absolute atomic E-state index is 12.1. The van der Waals surface area contributed by atoms with Gasteiger partial charge in [0.25, 0.3) is 0 Å². The van der Waals surface area contributed by atoms with Gasteiger partial charge in [-0.2, -0.15) is 0 Å². The second kappa shape index (κ2) is 9.52. The lowest BCUT2D eigenvalue weighted by Crippen LogP contribution is -2.37. The maximum atomic E-state index is 12.1. The van der Waals surface area contributed by atoms with Gasteiger partial charge in [-0.1, -0.05) is 6.92 Å². The maximum Gasteiger partial charge on any atom is 0.573 e. The number of carbonyl (C=O) groups is 1. The molecule has 28 heavy (non-hydrogen) atoms. The first-order valence-corrected chi connectivity index (χ1v) is 8.62. The third-order valence-corrected chi connectivity index (χ3v) is 3.22. The molecule has 3 N–H and O–H groups in total. The number of nitrogens with two attached hydrogens (primary N) is 1. The number of halogens is 3. The number of hydrogen-bond acceptors (Lipinski definition) is 4. The van der Waals surface area contributed by atoms with Crippen LogP contribution in [-0.2, 0) is 4.74 Å². The number of nitrogens with zero attached hydrogens (tertiary/aromatic N) is 2. The van der Waals surface area contributed by atoms with Crippen molar-refractivity contribution in [1.82, 2.24) is 4.90 Å². The summed E-state index contributed by atoms with van der Waals surface area (Å²) in [6.45, 7) is 8.05. The molecule has 0 fully saturated rings. The van der Waals surface area contributed by atoms with Gasteiger partial charge in [-0.25, -0.2) is 4.79 Å². The van der Waals surface area contributed by atoms with Gasteiger partial charge in [0.2, 0.25) is 0 Å². The van der Waals surface area contributed by atoms with E-state index in [2.05, 4.69) is 15.0 Å². The number of alkyl halides is 3. The van der Waals surface area contributed by atoms with Crippen molar-refractivity contribution in [2.75, 3.05) is 25.5 Å². The summed E-state index contributed by atoms with van der Waals surface area (Å²) in [5, 5.41) is 2.78. The van der Waals surface area contributed by atoms with Crippen LogP contribution in [-0.4, -0.2) is 49.1 Å². The summed E-state index contributed by atoms with van der Waals surface area (Å²) in [7, 11) is 1.64. The van der Waals surface area contributed by atoms with Crippen LogP contribution in [0.15, 0.2) is 29.3 Å². The topological polar surface area (TPSA) is 89.2 Å². The van der Waals surface area contributed by atoms with Gasteiger partial charge in [0.15, 0.2) is 5.96 Å². The average Bonchev–Trinajstić information content (AvgIpc) is 2.52. The molecule has 0 aliphatic rings. The molecule has 1 unspecified atom stereocenters. The van der Waals surface area contributed by atoms with E-state index in [9.17, 15) is 18.0 Å². The van der Waals surface area contributed by atoms with Gasteiger partial charge in [0.1, 0.15) is 11.4 Å². The van der Waals surface area contributed by atoms with Crippen molar-refractivity contribution in [3.63, 3.8) is 0 Å². The number of aliphatic imine (C=N–C) groups is 1. The van der Waals surface area contributed by atoms with Gasteiger partial charge in [-0.05, 0) is 51.0 Å². The summed E-state index contributed by atoms with van der Waals surface area (Å²) in [6, 6.07) is 5.12. The number of rotatable bonds is 6. The molecule has 0 radical (unpaired) electrons. The summed E-state index contributed by atoms with van der Waals surface area (Å²) in [5.74, 6) is -0.205. The molecule has 10 heteroatoms. The molecule has 1 aromatic carbocycles. The Morgan fingerprint density at radius 2 is 1.82 bits per heavy atom. The fraction of sp³-hybridized carbons (Fsp3) is 0.556. The van der Waals surface area contributed by atoms with Crippen LogP contribution in [0, 0.1) is 5.92 Å². The number of carbonyl (C=O) groups excluding carboxylic acids is 1. The molecule has 1 aromatic rings. The van der Waals surface area contributed by atoms with E-state index < -0.39 is 18.1 Å². The first-order chi connectivity index (χ1) is 12.7. The molecular weight excluding hydrogens is 377 g/mol. The van der Waals surface area contributed by atoms with Gasteiger partial charge in [0.05, 0.1) is 0 Å². The summed E-state index contributed by atoms with van der Waals surface area (Å²) in [5.41, 5.74) is 5.69. The van der Waals surface area contributed by atoms with E-state index in [4.69, 9.17) is 10.5 Å². The van der Waals surface area contributed by atoms with Crippen molar-refractivity contribution in [2.45, 2.75) is 39.7 Å². The van der Waals surface area contributed by atoms with Gasteiger partial charge in [0, 0.05) is 25.8 Å². The Balaban J connectivity index is 2.50. The van der Waals surface area contributed by atoms with Crippen LogP contribution < -0.4 is 15.8 Å². The fourth-order valence-electron chi connectivity index (χ4n) is 2.12. The molecule has 0 saturated heterocycles. The van der Waals surface area contributed by atoms with E-state index in [1.807, 2.05) is 6.92 Å². The Kier molecular flexibility index (Phi) is 7.95. The lowest BCUT2D eigenvalue weighted by molar-refractivity contribution is -0.274. The van der Waals surface area contributed by atoms with Crippen LogP contribution in [0.3, 0.4) is 0 Å². The number of hydrogen-bond donors (Lipinski definition) is 2. The molecular formula is C18H27F3N4O3. The number of nitrogens with one attached hydrogen (secondary N) is 1. The normalized spacial score (nSPS) is 13.6. The highest BCUT2D eigenvalue weighted by Crippen LogP contribution is 2.23. The molecule has 0 saturated carbocycles. The standard InChI is InChI=1S/C18H27F3N4O3/c1-12(11-25(5)16(26)28-17(2,3)4)10-23-15(22)24-13-6-8-14(9-7-13)27-18(19,20)21/h6-9,12H,10-11H2,1-5H3,(H3,22,23,24). The number of benzene rings is 1. The minimum absolute atomic E-state index is 0.0143. The summed E-state index contributed by atoms with van der Waals surface area (Å²) >= 11 is 0. The Hall–Kier alpha value is -2.65. The number of ether oxygens (including phenoxy) is 2. The molecule has 1 rings (SSSR count). The molecule has 158 valence electrons. The Labute approximate surface area is 162 Å². The van der Waals surface area contributed by atoms with Gasteiger partial charge >= 0.3 is 12.5 Å². The monoisotopic (exact) mass is 404 g/mol. The molecule has 0 bridgehead atoms. The number of amides is 1. The fourth-order valence-corrected chi connectivity index (χ4v) is 2.12. The first-order valence-electron chi connectivity index (χ1n) is 8.62. The zero-order chi connectivity index (χ0) is 21.5. The van der Waals surface area contributed by atoms with Crippen molar-refractivity contribution in [3.05, 3.63) is 24.3 Å². The Morgan fingerprint density at radius 3 is 2.32 bits per heavy atom. The van der Waals surface area contributed by atoms with Gasteiger partial charge in [-0.15, -0.1) is 13.2 Å². The van der Waals surface area contributed by atoms with E-state index in [1.54, 1.807) is 27.8 Å². The Morgan fingerprint density at radius 1 is 1.25 bits per heavy atom. The molecule has 0 aromatic heterocycles. The first kappa shape index (κ1) is 23.4. The van der Waals surface area contributed by atoms with Crippen LogP contribution in [0.5, 0.6) is 5.75 Å². The van der Waals surface area contributed by atoms with E-state index in [1.165, 1.54) is 29.2 Å². The van der Waals surface area contributed by atoms with Crippen molar-refractivity contribution in [3.8, 4) is 5.75 Å². The number of guanidine groups is 1. The van der Waals surface area contributed by atoms with Crippen LogP contribution in [0.2, 0.25) is 0 Å². The molecule has 0 heterocycles. The molecule has 1 atom stereocenters. The third kappa shape index (κ3) is 9.89.